The van der Waals surface area contributed by atoms with E-state index >= 15 is 0 Å². The van der Waals surface area contributed by atoms with Crippen LogP contribution in [0.2, 0.25) is 0 Å². The van der Waals surface area contributed by atoms with Gasteiger partial charge >= 0.3 is 0 Å². The van der Waals surface area contributed by atoms with Crippen molar-refractivity contribution in [3.05, 3.63) is 0 Å². The third-order valence-corrected chi connectivity index (χ3v) is 2.93. The molecule has 1 aliphatic rings. The van der Waals surface area contributed by atoms with Crippen molar-refractivity contribution < 1.29 is 4.74 Å². The van der Waals surface area contributed by atoms with Crippen molar-refractivity contribution >= 4 is 0 Å². The fourth-order valence-corrected chi connectivity index (χ4v) is 2.11. The van der Waals surface area contributed by atoms with E-state index in [9.17, 15) is 0 Å². The Labute approximate surface area is 81.8 Å². The van der Waals surface area contributed by atoms with E-state index in [0.29, 0.717) is 12.0 Å². The third kappa shape index (κ3) is 3.65. The summed E-state index contributed by atoms with van der Waals surface area (Å²) in [6.45, 7) is 3.86. The summed E-state index contributed by atoms with van der Waals surface area (Å²) in [6.07, 6.45) is 8.09. The van der Waals surface area contributed by atoms with Crippen molar-refractivity contribution in [2.75, 3.05) is 13.2 Å². The molecule has 2 unspecified atom stereocenters. The summed E-state index contributed by atoms with van der Waals surface area (Å²) >= 11 is 0. The van der Waals surface area contributed by atoms with Crippen molar-refractivity contribution in [3.63, 3.8) is 0 Å². The minimum Gasteiger partial charge on any atom is -0.378 e. The maximum absolute atomic E-state index is 5.84. The Morgan fingerprint density at radius 2 is 2.00 bits per heavy atom. The van der Waals surface area contributed by atoms with Crippen LogP contribution < -0.4 is 5.73 Å². The molecule has 0 spiro atoms. The van der Waals surface area contributed by atoms with Crippen LogP contribution in [0.4, 0.5) is 0 Å². The maximum atomic E-state index is 5.84. The average Bonchev–Trinajstić information content (AvgIpc) is 2.39. The van der Waals surface area contributed by atoms with E-state index in [1.807, 2.05) is 0 Å². The molecule has 0 amide bonds. The third-order valence-electron chi connectivity index (χ3n) is 2.93. The predicted molar refractivity (Wildman–Crippen MR) is 55.7 cm³/mol. The molecule has 0 aromatic carbocycles. The fourth-order valence-electron chi connectivity index (χ4n) is 2.11. The van der Waals surface area contributed by atoms with Crippen LogP contribution >= 0.6 is 0 Å². The van der Waals surface area contributed by atoms with Gasteiger partial charge in [-0.25, -0.2) is 0 Å². The number of rotatable bonds is 4. The standard InChI is InChI=1S/C11H23NO/c1-2-8-13-11-7-5-3-4-6-10(11)9-12/h10-11H,2-9,12H2,1H3. The zero-order chi connectivity index (χ0) is 9.52. The van der Waals surface area contributed by atoms with Crippen LogP contribution in [0.5, 0.6) is 0 Å². The number of hydrogen-bond donors (Lipinski definition) is 1. The molecule has 1 aliphatic carbocycles. The summed E-state index contributed by atoms with van der Waals surface area (Å²) in [5, 5.41) is 0. The van der Waals surface area contributed by atoms with Crippen LogP contribution in [0.3, 0.4) is 0 Å². The van der Waals surface area contributed by atoms with Gasteiger partial charge in [-0.2, -0.15) is 0 Å². The lowest BCUT2D eigenvalue weighted by Gasteiger charge is -2.23. The lowest BCUT2D eigenvalue weighted by Crippen LogP contribution is -2.29. The zero-order valence-electron chi connectivity index (χ0n) is 8.80. The van der Waals surface area contributed by atoms with Crippen molar-refractivity contribution in [1.82, 2.24) is 0 Å². The van der Waals surface area contributed by atoms with Gasteiger partial charge in [0.15, 0.2) is 0 Å². The van der Waals surface area contributed by atoms with E-state index in [2.05, 4.69) is 6.92 Å². The van der Waals surface area contributed by atoms with Gasteiger partial charge in [0.2, 0.25) is 0 Å². The Morgan fingerprint density at radius 1 is 1.23 bits per heavy atom. The molecule has 1 rings (SSSR count). The highest BCUT2D eigenvalue weighted by molar-refractivity contribution is 4.75. The van der Waals surface area contributed by atoms with Crippen LogP contribution in [-0.4, -0.2) is 19.3 Å². The molecule has 2 N–H and O–H groups in total. The van der Waals surface area contributed by atoms with Gasteiger partial charge in [-0.05, 0) is 31.7 Å². The van der Waals surface area contributed by atoms with Gasteiger partial charge in [0.25, 0.3) is 0 Å². The number of hydrogen-bond acceptors (Lipinski definition) is 2. The summed E-state index contributed by atoms with van der Waals surface area (Å²) in [7, 11) is 0. The molecule has 13 heavy (non-hydrogen) atoms. The first-order valence-corrected chi connectivity index (χ1v) is 5.70. The highest BCUT2D eigenvalue weighted by Gasteiger charge is 2.22. The van der Waals surface area contributed by atoms with E-state index in [1.165, 1.54) is 32.1 Å². The van der Waals surface area contributed by atoms with Gasteiger partial charge in [0.05, 0.1) is 6.10 Å². The molecule has 0 aromatic heterocycles. The van der Waals surface area contributed by atoms with Crippen LogP contribution in [-0.2, 0) is 4.74 Å². The van der Waals surface area contributed by atoms with Crippen molar-refractivity contribution in [2.24, 2.45) is 11.7 Å². The van der Waals surface area contributed by atoms with Gasteiger partial charge < -0.3 is 10.5 Å². The first-order valence-electron chi connectivity index (χ1n) is 5.70. The topological polar surface area (TPSA) is 35.2 Å². The summed E-state index contributed by atoms with van der Waals surface area (Å²) in [5.74, 6) is 0.619. The molecule has 0 heterocycles. The molecule has 78 valence electrons. The molecule has 0 saturated heterocycles. The zero-order valence-corrected chi connectivity index (χ0v) is 8.80. The molecule has 1 fully saturated rings. The molecule has 1 saturated carbocycles. The molecule has 0 aromatic rings. The van der Waals surface area contributed by atoms with Gasteiger partial charge in [-0.15, -0.1) is 0 Å². The second-order valence-electron chi connectivity index (χ2n) is 4.04. The van der Waals surface area contributed by atoms with Crippen LogP contribution in [0.25, 0.3) is 0 Å². The van der Waals surface area contributed by atoms with Gasteiger partial charge in [-0.3, -0.25) is 0 Å². The Balaban J connectivity index is 2.34. The number of ether oxygens (including phenoxy) is 1. The molecule has 2 heteroatoms. The summed E-state index contributed by atoms with van der Waals surface area (Å²) < 4.78 is 5.84. The van der Waals surface area contributed by atoms with E-state index in [1.54, 1.807) is 0 Å². The predicted octanol–water partition coefficient (Wildman–Crippen LogP) is 2.32. The summed E-state index contributed by atoms with van der Waals surface area (Å²) in [6, 6.07) is 0. The van der Waals surface area contributed by atoms with Crippen LogP contribution in [0.1, 0.15) is 45.4 Å². The average molecular weight is 185 g/mol. The second-order valence-corrected chi connectivity index (χ2v) is 4.04. The molecular formula is C11H23NO. The Morgan fingerprint density at radius 3 is 2.69 bits per heavy atom. The SMILES string of the molecule is CCCOC1CCCCCC1CN. The van der Waals surface area contributed by atoms with E-state index in [-0.39, 0.29) is 0 Å². The molecule has 0 aliphatic heterocycles. The van der Waals surface area contributed by atoms with Gasteiger partial charge in [-0.1, -0.05) is 26.2 Å². The monoisotopic (exact) mass is 185 g/mol. The summed E-state index contributed by atoms with van der Waals surface area (Å²) in [5.41, 5.74) is 5.75. The fraction of sp³-hybridized carbons (Fsp3) is 1.00. The van der Waals surface area contributed by atoms with Crippen molar-refractivity contribution in [2.45, 2.75) is 51.6 Å². The molecule has 0 radical (unpaired) electrons. The van der Waals surface area contributed by atoms with Crippen LogP contribution in [0, 0.1) is 5.92 Å². The lowest BCUT2D eigenvalue weighted by molar-refractivity contribution is 0.0108. The summed E-state index contributed by atoms with van der Waals surface area (Å²) in [4.78, 5) is 0. The van der Waals surface area contributed by atoms with E-state index in [4.69, 9.17) is 10.5 Å². The minimum absolute atomic E-state index is 0.451. The highest BCUT2D eigenvalue weighted by atomic mass is 16.5. The smallest absolute Gasteiger partial charge is 0.0615 e. The van der Waals surface area contributed by atoms with E-state index < -0.39 is 0 Å². The minimum atomic E-state index is 0.451. The Kier molecular flexibility index (Phi) is 5.40. The van der Waals surface area contributed by atoms with Crippen molar-refractivity contribution in [3.8, 4) is 0 Å². The molecule has 2 nitrogen and oxygen atoms in total. The van der Waals surface area contributed by atoms with Crippen molar-refractivity contribution in [1.29, 1.82) is 0 Å². The Bertz CT molecular complexity index is 127. The highest BCUT2D eigenvalue weighted by Crippen LogP contribution is 2.25. The first-order chi connectivity index (χ1) is 6.38. The quantitative estimate of drug-likeness (QED) is 0.682. The molecule has 0 bridgehead atoms. The van der Waals surface area contributed by atoms with Gasteiger partial charge in [0, 0.05) is 6.61 Å². The normalized spacial score (nSPS) is 30.0. The van der Waals surface area contributed by atoms with Gasteiger partial charge in [0.1, 0.15) is 0 Å². The maximum Gasteiger partial charge on any atom is 0.0615 e. The first kappa shape index (κ1) is 11.0. The Hall–Kier alpha value is -0.0800. The van der Waals surface area contributed by atoms with Crippen LogP contribution in [0.15, 0.2) is 0 Å². The number of nitrogens with two attached hydrogens (primary N) is 1. The lowest BCUT2D eigenvalue weighted by atomic mass is 9.97. The largest absolute Gasteiger partial charge is 0.378 e. The molecular weight excluding hydrogens is 162 g/mol. The molecule has 2 atom stereocenters. The second kappa shape index (κ2) is 6.39. The van der Waals surface area contributed by atoms with E-state index in [0.717, 1.165) is 19.6 Å².